The molecule has 0 aliphatic heterocycles. The lowest BCUT2D eigenvalue weighted by Crippen LogP contribution is -2.14. The molecule has 0 bridgehead atoms. The first kappa shape index (κ1) is 14.9. The average Bonchev–Trinajstić information content (AvgIpc) is 2.24. The summed E-state index contributed by atoms with van der Waals surface area (Å²) >= 11 is 0. The van der Waals surface area contributed by atoms with Crippen molar-refractivity contribution in [1.82, 2.24) is 0 Å². The number of carboxylic acids is 2. The van der Waals surface area contributed by atoms with Crippen LogP contribution in [0.2, 0.25) is 0 Å². The summed E-state index contributed by atoms with van der Waals surface area (Å²) in [6.45, 7) is 4.87. The minimum absolute atomic E-state index is 0.00601. The Labute approximate surface area is 98.2 Å². The number of rotatable bonds is 7. The van der Waals surface area contributed by atoms with E-state index in [4.69, 9.17) is 14.9 Å². The molecule has 0 radical (unpaired) electrons. The Hall–Kier alpha value is -2.11. The van der Waals surface area contributed by atoms with Crippen LogP contribution >= 0.6 is 0 Å². The van der Waals surface area contributed by atoms with Gasteiger partial charge in [0.25, 0.3) is 0 Å². The maximum absolute atomic E-state index is 10.7. The van der Waals surface area contributed by atoms with Gasteiger partial charge in [-0.1, -0.05) is 13.5 Å². The number of esters is 1. The molecule has 0 saturated heterocycles. The first-order valence-corrected chi connectivity index (χ1v) is 4.82. The van der Waals surface area contributed by atoms with Gasteiger partial charge < -0.3 is 14.9 Å². The molecule has 94 valence electrons. The summed E-state index contributed by atoms with van der Waals surface area (Å²) in [5.41, 5.74) is -0.236. The molecular formula is C11H14O6. The van der Waals surface area contributed by atoms with E-state index < -0.39 is 17.9 Å². The van der Waals surface area contributed by atoms with Gasteiger partial charge in [-0.15, -0.1) is 0 Å². The van der Waals surface area contributed by atoms with E-state index in [-0.39, 0.29) is 24.5 Å². The van der Waals surface area contributed by atoms with Gasteiger partial charge in [0.05, 0.1) is 6.61 Å². The van der Waals surface area contributed by atoms with Gasteiger partial charge in [-0.3, -0.25) is 0 Å². The molecule has 6 heteroatoms. The van der Waals surface area contributed by atoms with Crippen molar-refractivity contribution in [2.45, 2.75) is 13.3 Å². The van der Waals surface area contributed by atoms with E-state index in [0.717, 1.165) is 6.08 Å². The summed E-state index contributed by atoms with van der Waals surface area (Å²) in [5, 5.41) is 17.2. The molecule has 6 nitrogen and oxygen atoms in total. The fourth-order valence-electron chi connectivity index (χ4n) is 1.07. The standard InChI is InChI=1S/C11H14O6/c1-3-10(14)17-6-7(2)4-8(11(15)16)5-9(12)13/h3,5,7H,1,4,6H2,2H3,(H,12,13)(H,15,16)/b8-5-. The Kier molecular flexibility index (Phi) is 6.32. The SMILES string of the molecule is C=CC(=O)OCC(C)C/C(=C/C(=O)O)C(=O)O. The fourth-order valence-corrected chi connectivity index (χ4v) is 1.07. The fraction of sp³-hybridized carbons (Fsp3) is 0.364. The molecular weight excluding hydrogens is 228 g/mol. The number of hydrogen-bond donors (Lipinski definition) is 2. The zero-order valence-corrected chi connectivity index (χ0v) is 9.38. The molecule has 0 aromatic heterocycles. The lowest BCUT2D eigenvalue weighted by atomic mass is 10.0. The van der Waals surface area contributed by atoms with E-state index >= 15 is 0 Å². The van der Waals surface area contributed by atoms with Crippen LogP contribution in [-0.2, 0) is 19.1 Å². The molecule has 0 aliphatic rings. The van der Waals surface area contributed by atoms with E-state index in [1.54, 1.807) is 6.92 Å². The maximum Gasteiger partial charge on any atom is 0.331 e. The summed E-state index contributed by atoms with van der Waals surface area (Å²) in [7, 11) is 0. The van der Waals surface area contributed by atoms with Gasteiger partial charge >= 0.3 is 17.9 Å². The quantitative estimate of drug-likeness (QED) is 0.506. The second-order valence-electron chi connectivity index (χ2n) is 3.46. The van der Waals surface area contributed by atoms with Crippen molar-refractivity contribution in [3.05, 3.63) is 24.3 Å². The molecule has 1 atom stereocenters. The summed E-state index contributed by atoms with van der Waals surface area (Å²) in [6, 6.07) is 0. The van der Waals surface area contributed by atoms with Crippen LogP contribution in [0.4, 0.5) is 0 Å². The minimum Gasteiger partial charge on any atom is -0.478 e. The Morgan fingerprint density at radius 1 is 1.35 bits per heavy atom. The van der Waals surface area contributed by atoms with Crippen LogP contribution in [0.3, 0.4) is 0 Å². The largest absolute Gasteiger partial charge is 0.478 e. The third kappa shape index (κ3) is 6.88. The Bertz CT molecular complexity index is 355. The van der Waals surface area contributed by atoms with Crippen LogP contribution in [-0.4, -0.2) is 34.7 Å². The van der Waals surface area contributed by atoms with Crippen molar-refractivity contribution in [1.29, 1.82) is 0 Å². The van der Waals surface area contributed by atoms with Gasteiger partial charge in [-0.05, 0) is 12.3 Å². The topological polar surface area (TPSA) is 101 Å². The summed E-state index contributed by atoms with van der Waals surface area (Å²) in [6.07, 6.45) is 1.64. The first-order chi connectivity index (χ1) is 7.86. The lowest BCUT2D eigenvalue weighted by molar-refractivity contribution is -0.139. The van der Waals surface area contributed by atoms with Crippen molar-refractivity contribution in [3.63, 3.8) is 0 Å². The Morgan fingerprint density at radius 3 is 2.35 bits per heavy atom. The molecule has 17 heavy (non-hydrogen) atoms. The molecule has 1 unspecified atom stereocenters. The molecule has 0 heterocycles. The van der Waals surface area contributed by atoms with E-state index in [1.807, 2.05) is 0 Å². The Morgan fingerprint density at radius 2 is 1.94 bits per heavy atom. The van der Waals surface area contributed by atoms with Crippen LogP contribution in [0, 0.1) is 5.92 Å². The van der Waals surface area contributed by atoms with Gasteiger partial charge in [0.1, 0.15) is 0 Å². The maximum atomic E-state index is 10.7. The second-order valence-corrected chi connectivity index (χ2v) is 3.46. The molecule has 0 saturated carbocycles. The molecule has 2 N–H and O–H groups in total. The third-order valence-corrected chi connectivity index (χ3v) is 1.82. The zero-order chi connectivity index (χ0) is 13.4. The molecule has 0 aliphatic carbocycles. The van der Waals surface area contributed by atoms with E-state index in [0.29, 0.717) is 6.08 Å². The van der Waals surface area contributed by atoms with E-state index in [2.05, 4.69) is 6.58 Å². The molecule has 0 rings (SSSR count). The molecule has 0 amide bonds. The lowest BCUT2D eigenvalue weighted by Gasteiger charge is -2.11. The van der Waals surface area contributed by atoms with Gasteiger partial charge in [0, 0.05) is 17.7 Å². The normalized spacial score (nSPS) is 12.6. The molecule has 0 spiro atoms. The van der Waals surface area contributed by atoms with Crippen LogP contribution in [0.15, 0.2) is 24.3 Å². The molecule has 0 fully saturated rings. The van der Waals surface area contributed by atoms with Crippen molar-refractivity contribution in [3.8, 4) is 0 Å². The number of aliphatic carboxylic acids is 2. The minimum atomic E-state index is -1.32. The monoisotopic (exact) mass is 242 g/mol. The van der Waals surface area contributed by atoms with E-state index in [9.17, 15) is 14.4 Å². The predicted octanol–water partition coefficient (Wildman–Crippen LogP) is 0.837. The van der Waals surface area contributed by atoms with Gasteiger partial charge in [-0.25, -0.2) is 14.4 Å². The second kappa shape index (κ2) is 7.21. The number of carboxylic acid groups (broad SMARTS) is 2. The highest BCUT2D eigenvalue weighted by Crippen LogP contribution is 2.12. The summed E-state index contributed by atoms with van der Waals surface area (Å²) < 4.78 is 4.71. The van der Waals surface area contributed by atoms with Crippen LogP contribution in [0.5, 0.6) is 0 Å². The highest BCUT2D eigenvalue weighted by Gasteiger charge is 2.14. The predicted molar refractivity (Wildman–Crippen MR) is 58.3 cm³/mol. The van der Waals surface area contributed by atoms with Crippen molar-refractivity contribution < 1.29 is 29.3 Å². The number of hydrogen-bond acceptors (Lipinski definition) is 4. The van der Waals surface area contributed by atoms with Gasteiger partial charge in [-0.2, -0.15) is 0 Å². The number of carbonyl (C=O) groups excluding carboxylic acids is 1. The third-order valence-electron chi connectivity index (χ3n) is 1.82. The van der Waals surface area contributed by atoms with Crippen molar-refractivity contribution in [2.24, 2.45) is 5.92 Å². The highest BCUT2D eigenvalue weighted by atomic mass is 16.5. The van der Waals surface area contributed by atoms with E-state index in [1.165, 1.54) is 0 Å². The average molecular weight is 242 g/mol. The summed E-state index contributed by atoms with van der Waals surface area (Å²) in [5.74, 6) is -3.51. The number of carbonyl (C=O) groups is 3. The summed E-state index contributed by atoms with van der Waals surface area (Å²) in [4.78, 5) is 31.8. The van der Waals surface area contributed by atoms with Gasteiger partial charge in [0.15, 0.2) is 0 Å². The Balaban J connectivity index is 4.37. The molecule has 0 aromatic carbocycles. The van der Waals surface area contributed by atoms with Crippen LogP contribution in [0.25, 0.3) is 0 Å². The van der Waals surface area contributed by atoms with Crippen LogP contribution in [0.1, 0.15) is 13.3 Å². The highest BCUT2D eigenvalue weighted by molar-refractivity contribution is 5.94. The van der Waals surface area contributed by atoms with Crippen LogP contribution < -0.4 is 0 Å². The zero-order valence-electron chi connectivity index (χ0n) is 9.38. The van der Waals surface area contributed by atoms with Crippen molar-refractivity contribution in [2.75, 3.05) is 6.61 Å². The molecule has 0 aromatic rings. The number of ether oxygens (including phenoxy) is 1. The van der Waals surface area contributed by atoms with Gasteiger partial charge in [0.2, 0.25) is 0 Å². The van der Waals surface area contributed by atoms with Crippen molar-refractivity contribution >= 4 is 17.9 Å². The first-order valence-electron chi connectivity index (χ1n) is 4.82. The smallest absolute Gasteiger partial charge is 0.331 e.